The Bertz CT molecular complexity index is 1320. The van der Waals surface area contributed by atoms with Gasteiger partial charge in [-0.1, -0.05) is 41.9 Å². The molecule has 0 atom stereocenters. The van der Waals surface area contributed by atoms with Gasteiger partial charge in [0.15, 0.2) is 0 Å². The molecule has 9 heteroatoms. The first-order chi connectivity index (χ1) is 15.4. The molecule has 1 aromatic heterocycles. The number of anilines is 1. The number of carbonyl (C=O) groups excluding carboxylic acids is 1. The average molecular weight is 467 g/mol. The summed E-state index contributed by atoms with van der Waals surface area (Å²) in [6, 6.07) is 20.1. The van der Waals surface area contributed by atoms with E-state index in [-0.39, 0.29) is 27.1 Å². The van der Waals surface area contributed by atoms with Gasteiger partial charge in [0.05, 0.1) is 27.5 Å². The van der Waals surface area contributed by atoms with Gasteiger partial charge in [-0.25, -0.2) is 13.4 Å². The van der Waals surface area contributed by atoms with Crippen molar-refractivity contribution in [3.63, 3.8) is 0 Å². The maximum Gasteiger partial charge on any atom is 0.261 e. The minimum Gasteiger partial charge on any atom is -0.348 e. The second kappa shape index (κ2) is 9.25. The van der Waals surface area contributed by atoms with Gasteiger partial charge in [0, 0.05) is 24.6 Å². The maximum atomic E-state index is 12.6. The van der Waals surface area contributed by atoms with Gasteiger partial charge in [-0.3, -0.25) is 9.52 Å². The van der Waals surface area contributed by atoms with Gasteiger partial charge in [-0.15, -0.1) is 0 Å². The SMILES string of the molecule is O=C(NCc1ccc(-n2ccnc2)cc1)c1ccc(NS(=O)(=O)c2ccccc2)cc1Cl. The van der Waals surface area contributed by atoms with Crippen molar-refractivity contribution >= 4 is 33.2 Å². The normalized spacial score (nSPS) is 11.2. The van der Waals surface area contributed by atoms with E-state index < -0.39 is 10.0 Å². The summed E-state index contributed by atoms with van der Waals surface area (Å²) in [5.74, 6) is -0.355. The summed E-state index contributed by atoms with van der Waals surface area (Å²) in [5, 5.41) is 2.97. The number of carbonyl (C=O) groups is 1. The van der Waals surface area contributed by atoms with Crippen LogP contribution in [-0.2, 0) is 16.6 Å². The number of sulfonamides is 1. The highest BCUT2D eigenvalue weighted by molar-refractivity contribution is 7.92. The second-order valence-electron chi connectivity index (χ2n) is 6.93. The lowest BCUT2D eigenvalue weighted by atomic mass is 10.1. The molecule has 32 heavy (non-hydrogen) atoms. The topological polar surface area (TPSA) is 93.1 Å². The van der Waals surface area contributed by atoms with E-state index in [0.717, 1.165) is 11.3 Å². The van der Waals surface area contributed by atoms with Crippen LogP contribution in [0.25, 0.3) is 5.69 Å². The van der Waals surface area contributed by atoms with Crippen molar-refractivity contribution in [1.29, 1.82) is 0 Å². The molecule has 0 unspecified atom stereocenters. The number of imidazole rings is 1. The fourth-order valence-corrected chi connectivity index (χ4v) is 4.39. The highest BCUT2D eigenvalue weighted by Gasteiger charge is 2.16. The molecule has 0 bridgehead atoms. The van der Waals surface area contributed by atoms with Crippen LogP contribution in [0.2, 0.25) is 5.02 Å². The Hall–Kier alpha value is -3.62. The summed E-state index contributed by atoms with van der Waals surface area (Å²) in [7, 11) is -3.74. The number of nitrogens with zero attached hydrogens (tertiary/aromatic N) is 2. The van der Waals surface area contributed by atoms with Crippen molar-refractivity contribution < 1.29 is 13.2 Å². The fourth-order valence-electron chi connectivity index (χ4n) is 3.05. The van der Waals surface area contributed by atoms with Crippen LogP contribution in [0, 0.1) is 0 Å². The first-order valence-electron chi connectivity index (χ1n) is 9.65. The van der Waals surface area contributed by atoms with E-state index >= 15 is 0 Å². The second-order valence-corrected chi connectivity index (χ2v) is 9.02. The highest BCUT2D eigenvalue weighted by Crippen LogP contribution is 2.23. The molecular weight excluding hydrogens is 448 g/mol. The third-order valence-corrected chi connectivity index (χ3v) is 6.42. The molecule has 1 amide bonds. The fraction of sp³-hybridized carbons (Fsp3) is 0.0435. The lowest BCUT2D eigenvalue weighted by molar-refractivity contribution is 0.0951. The Morgan fingerprint density at radius 3 is 2.41 bits per heavy atom. The zero-order valence-electron chi connectivity index (χ0n) is 16.8. The smallest absolute Gasteiger partial charge is 0.261 e. The number of amides is 1. The van der Waals surface area contributed by atoms with Crippen molar-refractivity contribution in [3.8, 4) is 5.69 Å². The number of rotatable bonds is 7. The summed E-state index contributed by atoms with van der Waals surface area (Å²) in [6.45, 7) is 0.321. The Labute approximate surface area is 190 Å². The zero-order valence-corrected chi connectivity index (χ0v) is 18.3. The summed E-state index contributed by atoms with van der Waals surface area (Å²) in [4.78, 5) is 16.7. The van der Waals surface area contributed by atoms with Crippen LogP contribution in [0.3, 0.4) is 0 Å². The van der Waals surface area contributed by atoms with Gasteiger partial charge in [0.1, 0.15) is 0 Å². The molecule has 0 aliphatic carbocycles. The third-order valence-electron chi connectivity index (χ3n) is 4.71. The zero-order chi connectivity index (χ0) is 22.6. The predicted molar refractivity (Wildman–Crippen MR) is 123 cm³/mol. The summed E-state index contributed by atoms with van der Waals surface area (Å²) < 4.78 is 29.3. The third kappa shape index (κ3) is 4.99. The Morgan fingerprint density at radius 1 is 1.00 bits per heavy atom. The molecule has 4 aromatic rings. The van der Waals surface area contributed by atoms with Crippen LogP contribution in [-0.4, -0.2) is 23.9 Å². The molecule has 0 saturated heterocycles. The van der Waals surface area contributed by atoms with Crippen molar-refractivity contribution in [3.05, 3.63) is 108 Å². The number of benzene rings is 3. The molecule has 0 aliphatic heterocycles. The molecule has 0 saturated carbocycles. The number of halogens is 1. The van der Waals surface area contributed by atoms with Crippen molar-refractivity contribution in [2.24, 2.45) is 0 Å². The summed E-state index contributed by atoms with van der Waals surface area (Å²) in [6.07, 6.45) is 5.26. The lowest BCUT2D eigenvalue weighted by Crippen LogP contribution is -2.23. The lowest BCUT2D eigenvalue weighted by Gasteiger charge is -2.11. The van der Waals surface area contributed by atoms with Gasteiger partial charge < -0.3 is 9.88 Å². The van der Waals surface area contributed by atoms with Crippen LogP contribution in [0.4, 0.5) is 5.69 Å². The Kier molecular flexibility index (Phi) is 6.25. The monoisotopic (exact) mass is 466 g/mol. The number of nitrogens with one attached hydrogen (secondary N) is 2. The highest BCUT2D eigenvalue weighted by atomic mass is 35.5. The summed E-state index contributed by atoms with van der Waals surface area (Å²) in [5.41, 5.74) is 2.41. The molecule has 162 valence electrons. The van der Waals surface area contributed by atoms with Gasteiger partial charge in [0.25, 0.3) is 15.9 Å². The Balaban J connectivity index is 1.40. The van der Waals surface area contributed by atoms with Crippen LogP contribution in [0.1, 0.15) is 15.9 Å². The molecule has 0 fully saturated rings. The van der Waals surface area contributed by atoms with Gasteiger partial charge in [0.2, 0.25) is 0 Å². The molecule has 2 N–H and O–H groups in total. The van der Waals surface area contributed by atoms with Crippen LogP contribution in [0.15, 0.2) is 96.4 Å². The van der Waals surface area contributed by atoms with E-state index in [1.807, 2.05) is 35.0 Å². The van der Waals surface area contributed by atoms with Gasteiger partial charge in [-0.2, -0.15) is 0 Å². The van der Waals surface area contributed by atoms with E-state index in [1.54, 1.807) is 30.7 Å². The van der Waals surface area contributed by atoms with E-state index in [2.05, 4.69) is 15.0 Å². The largest absolute Gasteiger partial charge is 0.348 e. The molecule has 7 nitrogen and oxygen atoms in total. The first kappa shape index (κ1) is 21.6. The minimum absolute atomic E-state index is 0.136. The predicted octanol–water partition coefficient (Wildman–Crippen LogP) is 4.26. The van der Waals surface area contributed by atoms with E-state index in [9.17, 15) is 13.2 Å². The molecule has 0 radical (unpaired) electrons. The summed E-state index contributed by atoms with van der Waals surface area (Å²) >= 11 is 6.25. The molecule has 0 spiro atoms. The quantitative estimate of drug-likeness (QED) is 0.425. The molecule has 3 aromatic carbocycles. The number of hydrogen-bond acceptors (Lipinski definition) is 4. The molecular formula is C23H19ClN4O3S. The van der Waals surface area contributed by atoms with Crippen LogP contribution in [0.5, 0.6) is 0 Å². The first-order valence-corrected chi connectivity index (χ1v) is 11.5. The average Bonchev–Trinajstić information content (AvgIpc) is 3.33. The maximum absolute atomic E-state index is 12.6. The standard InChI is InChI=1S/C23H19ClN4O3S/c24-22-14-18(27-32(30,31)20-4-2-1-3-5-20)8-11-21(22)23(29)26-15-17-6-9-19(10-7-17)28-13-12-25-16-28/h1-14,16,27H,15H2,(H,26,29). The molecule has 0 aliphatic rings. The van der Waals surface area contributed by atoms with Crippen molar-refractivity contribution in [1.82, 2.24) is 14.9 Å². The van der Waals surface area contributed by atoms with Crippen molar-refractivity contribution in [2.45, 2.75) is 11.4 Å². The Morgan fingerprint density at radius 2 is 1.75 bits per heavy atom. The van der Waals surface area contributed by atoms with E-state index in [1.165, 1.54) is 30.3 Å². The minimum atomic E-state index is -3.74. The van der Waals surface area contributed by atoms with Crippen molar-refractivity contribution in [2.75, 3.05) is 4.72 Å². The molecule has 1 heterocycles. The van der Waals surface area contributed by atoms with Crippen LogP contribution < -0.4 is 10.0 Å². The van der Waals surface area contributed by atoms with Gasteiger partial charge in [-0.05, 0) is 48.0 Å². The van der Waals surface area contributed by atoms with E-state index in [0.29, 0.717) is 6.54 Å². The van der Waals surface area contributed by atoms with Crippen LogP contribution >= 0.6 is 11.6 Å². The number of aromatic nitrogens is 2. The number of hydrogen-bond donors (Lipinski definition) is 2. The van der Waals surface area contributed by atoms with E-state index in [4.69, 9.17) is 11.6 Å². The molecule has 4 rings (SSSR count). The van der Waals surface area contributed by atoms with Gasteiger partial charge >= 0.3 is 0 Å².